The van der Waals surface area contributed by atoms with E-state index >= 15 is 0 Å². The molecule has 1 aliphatic heterocycles. The van der Waals surface area contributed by atoms with E-state index in [1.165, 1.54) is 5.56 Å². The third-order valence-electron chi connectivity index (χ3n) is 3.48. The van der Waals surface area contributed by atoms with E-state index in [9.17, 15) is 0 Å². The normalized spacial score (nSPS) is 19.9. The van der Waals surface area contributed by atoms with Crippen LogP contribution in [0.25, 0.3) is 0 Å². The van der Waals surface area contributed by atoms with Crippen molar-refractivity contribution in [2.24, 2.45) is 0 Å². The molecule has 0 radical (unpaired) electrons. The molecule has 1 aliphatic rings. The summed E-state index contributed by atoms with van der Waals surface area (Å²) in [6.45, 7) is 8.15. The number of piperazine rings is 1. The molecule has 1 aromatic rings. The van der Waals surface area contributed by atoms with Crippen LogP contribution >= 0.6 is 0 Å². The molecule has 0 saturated carbocycles. The fourth-order valence-corrected chi connectivity index (χ4v) is 2.28. The van der Waals surface area contributed by atoms with E-state index < -0.39 is 0 Å². The number of aryl methyl sites for hydroxylation is 2. The summed E-state index contributed by atoms with van der Waals surface area (Å²) in [5.41, 5.74) is 2.36. The predicted molar refractivity (Wildman–Crippen MR) is 75.3 cm³/mol. The Balaban J connectivity index is 1.86. The van der Waals surface area contributed by atoms with Gasteiger partial charge in [0.15, 0.2) is 0 Å². The van der Waals surface area contributed by atoms with Gasteiger partial charge in [-0.1, -0.05) is 12.1 Å². The van der Waals surface area contributed by atoms with Crippen LogP contribution in [0.4, 0.5) is 0 Å². The van der Waals surface area contributed by atoms with Crippen molar-refractivity contribution in [1.29, 1.82) is 5.26 Å². The van der Waals surface area contributed by atoms with Crippen LogP contribution in [0, 0.1) is 25.2 Å². The Morgan fingerprint density at radius 1 is 1.47 bits per heavy atom. The van der Waals surface area contributed by atoms with Crippen molar-refractivity contribution in [3.63, 3.8) is 0 Å². The van der Waals surface area contributed by atoms with Gasteiger partial charge in [0.05, 0.1) is 6.07 Å². The summed E-state index contributed by atoms with van der Waals surface area (Å²) in [4.78, 5) is 2.18. The number of nitrogens with one attached hydrogen (secondary N) is 1. The number of hydrogen-bond donors (Lipinski definition) is 1. The zero-order valence-corrected chi connectivity index (χ0v) is 11.6. The lowest BCUT2D eigenvalue weighted by molar-refractivity contribution is 0.161. The molecule has 1 aromatic carbocycles. The van der Waals surface area contributed by atoms with E-state index in [-0.39, 0.29) is 6.04 Å². The van der Waals surface area contributed by atoms with Gasteiger partial charge in [0.1, 0.15) is 18.4 Å². The van der Waals surface area contributed by atoms with E-state index in [1.54, 1.807) is 0 Å². The van der Waals surface area contributed by atoms with Crippen LogP contribution in [0.15, 0.2) is 18.2 Å². The third kappa shape index (κ3) is 3.69. The molecule has 1 heterocycles. The lowest BCUT2D eigenvalue weighted by atomic mass is 10.1. The van der Waals surface area contributed by atoms with Crippen LogP contribution in [-0.2, 0) is 0 Å². The number of nitrogens with zero attached hydrogens (tertiary/aromatic N) is 2. The summed E-state index contributed by atoms with van der Waals surface area (Å²) >= 11 is 0. The fourth-order valence-electron chi connectivity index (χ4n) is 2.28. The van der Waals surface area contributed by atoms with E-state index in [2.05, 4.69) is 48.3 Å². The first-order valence-electron chi connectivity index (χ1n) is 6.75. The van der Waals surface area contributed by atoms with Crippen molar-refractivity contribution < 1.29 is 4.74 Å². The maximum absolute atomic E-state index is 9.09. The number of rotatable bonds is 4. The summed E-state index contributed by atoms with van der Waals surface area (Å²) in [5.74, 6) is 0.948. The maximum atomic E-state index is 9.09. The number of ether oxygens (including phenoxy) is 1. The van der Waals surface area contributed by atoms with Gasteiger partial charge in [-0.05, 0) is 31.0 Å². The molecule has 1 atom stereocenters. The van der Waals surface area contributed by atoms with Crippen LogP contribution in [-0.4, -0.2) is 43.7 Å². The Labute approximate surface area is 115 Å². The minimum Gasteiger partial charge on any atom is -0.492 e. The van der Waals surface area contributed by atoms with E-state index in [4.69, 9.17) is 10.00 Å². The first-order valence-corrected chi connectivity index (χ1v) is 6.75. The van der Waals surface area contributed by atoms with Crippen molar-refractivity contribution in [3.8, 4) is 11.8 Å². The van der Waals surface area contributed by atoms with Crippen LogP contribution < -0.4 is 10.1 Å². The van der Waals surface area contributed by atoms with Crippen LogP contribution in [0.2, 0.25) is 0 Å². The molecular weight excluding hydrogens is 238 g/mol. The molecule has 0 bridgehead atoms. The second-order valence-corrected chi connectivity index (χ2v) is 5.00. The van der Waals surface area contributed by atoms with E-state index in [0.717, 1.165) is 37.5 Å². The van der Waals surface area contributed by atoms with Crippen LogP contribution in [0.3, 0.4) is 0 Å². The van der Waals surface area contributed by atoms with E-state index in [0.29, 0.717) is 6.61 Å². The highest BCUT2D eigenvalue weighted by Gasteiger charge is 2.21. The number of benzene rings is 1. The SMILES string of the molecule is Cc1ccc(C)c(OCCN2CCNCC2C#N)c1. The quantitative estimate of drug-likeness (QED) is 0.890. The molecule has 1 saturated heterocycles. The number of hydrogen-bond acceptors (Lipinski definition) is 4. The Bertz CT molecular complexity index is 467. The molecule has 0 aliphatic carbocycles. The lowest BCUT2D eigenvalue weighted by Gasteiger charge is -2.31. The van der Waals surface area contributed by atoms with Crippen molar-refractivity contribution >= 4 is 0 Å². The molecule has 1 N–H and O–H groups in total. The zero-order chi connectivity index (χ0) is 13.7. The maximum Gasteiger partial charge on any atom is 0.122 e. The largest absolute Gasteiger partial charge is 0.492 e. The van der Waals surface area contributed by atoms with Gasteiger partial charge in [-0.15, -0.1) is 0 Å². The van der Waals surface area contributed by atoms with Gasteiger partial charge in [0.2, 0.25) is 0 Å². The Kier molecular flexibility index (Phi) is 4.78. The van der Waals surface area contributed by atoms with Gasteiger partial charge >= 0.3 is 0 Å². The van der Waals surface area contributed by atoms with Crippen molar-refractivity contribution in [3.05, 3.63) is 29.3 Å². The highest BCUT2D eigenvalue weighted by molar-refractivity contribution is 5.35. The molecule has 102 valence electrons. The molecule has 4 nitrogen and oxygen atoms in total. The Hall–Kier alpha value is -1.57. The number of nitriles is 1. The van der Waals surface area contributed by atoms with Crippen LogP contribution in [0.5, 0.6) is 5.75 Å². The van der Waals surface area contributed by atoms with Gasteiger partial charge in [-0.25, -0.2) is 0 Å². The molecule has 0 spiro atoms. The molecule has 4 heteroatoms. The second-order valence-electron chi connectivity index (χ2n) is 5.00. The zero-order valence-electron chi connectivity index (χ0n) is 11.6. The topological polar surface area (TPSA) is 48.3 Å². The smallest absolute Gasteiger partial charge is 0.122 e. The average molecular weight is 259 g/mol. The summed E-state index contributed by atoms with van der Waals surface area (Å²) < 4.78 is 5.84. The summed E-state index contributed by atoms with van der Waals surface area (Å²) in [7, 11) is 0. The van der Waals surface area contributed by atoms with Crippen LogP contribution in [0.1, 0.15) is 11.1 Å². The van der Waals surface area contributed by atoms with Gasteiger partial charge in [0.25, 0.3) is 0 Å². The Morgan fingerprint density at radius 2 is 2.32 bits per heavy atom. The van der Waals surface area contributed by atoms with Crippen molar-refractivity contribution in [2.45, 2.75) is 19.9 Å². The minimum absolute atomic E-state index is 0.0315. The minimum atomic E-state index is -0.0315. The predicted octanol–water partition coefficient (Wildman–Crippen LogP) is 1.48. The van der Waals surface area contributed by atoms with Gasteiger partial charge in [0, 0.05) is 26.2 Å². The van der Waals surface area contributed by atoms with Crippen molar-refractivity contribution in [1.82, 2.24) is 10.2 Å². The molecule has 0 aromatic heterocycles. The summed E-state index contributed by atoms with van der Waals surface area (Å²) in [6, 6.07) is 8.53. The highest BCUT2D eigenvalue weighted by Crippen LogP contribution is 2.19. The average Bonchev–Trinajstić information content (AvgIpc) is 2.43. The van der Waals surface area contributed by atoms with E-state index in [1.807, 2.05) is 0 Å². The fraction of sp³-hybridized carbons (Fsp3) is 0.533. The van der Waals surface area contributed by atoms with Gasteiger partial charge < -0.3 is 10.1 Å². The first-order chi connectivity index (χ1) is 9.20. The van der Waals surface area contributed by atoms with Gasteiger partial charge in [-0.2, -0.15) is 5.26 Å². The standard InChI is InChI=1S/C15H21N3O/c1-12-3-4-13(2)15(9-12)19-8-7-18-6-5-17-11-14(18)10-16/h3-4,9,14,17H,5-8,11H2,1-2H3. The monoisotopic (exact) mass is 259 g/mol. The lowest BCUT2D eigenvalue weighted by Crippen LogP contribution is -2.51. The molecule has 0 amide bonds. The van der Waals surface area contributed by atoms with Crippen molar-refractivity contribution in [2.75, 3.05) is 32.8 Å². The highest BCUT2D eigenvalue weighted by atomic mass is 16.5. The molecule has 1 fully saturated rings. The molecule has 19 heavy (non-hydrogen) atoms. The first kappa shape index (κ1) is 13.9. The van der Waals surface area contributed by atoms with Gasteiger partial charge in [-0.3, -0.25) is 4.90 Å². The molecule has 2 rings (SSSR count). The summed E-state index contributed by atoms with van der Waals surface area (Å²) in [6.07, 6.45) is 0. The third-order valence-corrected chi connectivity index (χ3v) is 3.48. The Morgan fingerprint density at radius 3 is 3.11 bits per heavy atom. The molecule has 1 unspecified atom stereocenters. The molecular formula is C15H21N3O. The summed E-state index contributed by atoms with van der Waals surface area (Å²) in [5, 5.41) is 12.3. The second kappa shape index (κ2) is 6.55.